The fraction of sp³-hybridized carbons (Fsp3) is 0.368. The number of nitrogens with two attached hydrogens (primary N) is 1. The van der Waals surface area contributed by atoms with Gasteiger partial charge in [0.2, 0.25) is 5.95 Å². The number of ether oxygens (including phenoxy) is 1. The van der Waals surface area contributed by atoms with Gasteiger partial charge in [-0.15, -0.1) is 0 Å². The Balaban J connectivity index is 1.62. The van der Waals surface area contributed by atoms with Crippen molar-refractivity contribution in [3.63, 3.8) is 0 Å². The van der Waals surface area contributed by atoms with E-state index in [-0.39, 0.29) is 11.8 Å². The van der Waals surface area contributed by atoms with Crippen molar-refractivity contribution < 1.29 is 20.1 Å². The minimum absolute atomic E-state index is 0.120. The first-order valence-corrected chi connectivity index (χ1v) is 9.38. The molecule has 0 amide bonds. The van der Waals surface area contributed by atoms with Crippen LogP contribution in [0.2, 0.25) is 0 Å². The Morgan fingerprint density at radius 1 is 1.27 bits per heavy atom. The van der Waals surface area contributed by atoms with Gasteiger partial charge in [0.1, 0.15) is 23.8 Å². The van der Waals surface area contributed by atoms with Gasteiger partial charge >= 0.3 is 0 Å². The monoisotopic (exact) mass is 413 g/mol. The normalized spacial score (nSPS) is 24.2. The van der Waals surface area contributed by atoms with Crippen LogP contribution in [0.3, 0.4) is 0 Å². The average Bonchev–Trinajstić information content (AvgIpc) is 3.27. The summed E-state index contributed by atoms with van der Waals surface area (Å²) >= 11 is 0. The minimum atomic E-state index is -1.27. The highest BCUT2D eigenvalue weighted by Crippen LogP contribution is 2.32. The fourth-order valence-electron chi connectivity index (χ4n) is 3.36. The van der Waals surface area contributed by atoms with Crippen LogP contribution in [0.5, 0.6) is 0 Å². The Bertz CT molecular complexity index is 1100. The summed E-state index contributed by atoms with van der Waals surface area (Å²) in [5.74, 6) is 0.255. The van der Waals surface area contributed by atoms with E-state index in [2.05, 4.69) is 25.5 Å². The molecule has 1 aliphatic heterocycles. The number of fused-ring (bicyclic) bond motifs is 1. The largest absolute Gasteiger partial charge is 0.394 e. The second-order valence-corrected chi connectivity index (χ2v) is 7.14. The number of hydrazone groups is 1. The highest BCUT2D eigenvalue weighted by molar-refractivity contribution is 5.84. The standard InChI is InChI=1S/C19H23N7O4/c1-9-4-3-5-11(10(9)2)6-22-25-19-23-16(20)13-17(24-19)26(8-21-13)18-15(29)14(28)12(7-27)30-18/h3-6,8,12,14-15,18,27-29H,7H2,1-2H3,(H3,20,23,24,25)/t12-,14-,15-,18-/m1/s1. The van der Waals surface area contributed by atoms with E-state index < -0.39 is 31.1 Å². The topological polar surface area (TPSA) is 164 Å². The zero-order valence-electron chi connectivity index (χ0n) is 16.5. The molecule has 4 rings (SSSR count). The molecule has 1 fully saturated rings. The van der Waals surface area contributed by atoms with E-state index in [1.807, 2.05) is 32.0 Å². The molecule has 2 aromatic heterocycles. The number of aryl methyl sites for hydroxylation is 1. The number of imidazole rings is 1. The summed E-state index contributed by atoms with van der Waals surface area (Å²) in [6.45, 7) is 3.60. The van der Waals surface area contributed by atoms with Gasteiger partial charge in [-0.1, -0.05) is 18.2 Å². The van der Waals surface area contributed by atoms with E-state index in [9.17, 15) is 15.3 Å². The Morgan fingerprint density at radius 2 is 2.07 bits per heavy atom. The highest BCUT2D eigenvalue weighted by Gasteiger charge is 2.44. The van der Waals surface area contributed by atoms with Crippen molar-refractivity contribution in [3.05, 3.63) is 41.2 Å². The Labute approximate surface area is 171 Å². The lowest BCUT2D eigenvalue weighted by Crippen LogP contribution is -2.33. The summed E-state index contributed by atoms with van der Waals surface area (Å²) in [6.07, 6.45) is -1.36. The molecule has 6 N–H and O–H groups in total. The number of aliphatic hydroxyl groups excluding tert-OH is 3. The first-order chi connectivity index (χ1) is 14.4. The van der Waals surface area contributed by atoms with Gasteiger partial charge in [0, 0.05) is 0 Å². The van der Waals surface area contributed by atoms with Crippen molar-refractivity contribution in [1.29, 1.82) is 0 Å². The number of benzene rings is 1. The predicted molar refractivity (Wildman–Crippen MR) is 110 cm³/mol. The first kappa shape index (κ1) is 20.2. The summed E-state index contributed by atoms with van der Waals surface area (Å²) in [4.78, 5) is 12.7. The van der Waals surface area contributed by atoms with Gasteiger partial charge in [0.05, 0.1) is 19.1 Å². The molecular formula is C19H23N7O4. The molecule has 0 aliphatic carbocycles. The molecular weight excluding hydrogens is 390 g/mol. The third-order valence-corrected chi connectivity index (χ3v) is 5.25. The zero-order valence-corrected chi connectivity index (χ0v) is 16.5. The Morgan fingerprint density at radius 3 is 2.80 bits per heavy atom. The van der Waals surface area contributed by atoms with E-state index >= 15 is 0 Å². The summed E-state index contributed by atoms with van der Waals surface area (Å²) < 4.78 is 6.99. The van der Waals surface area contributed by atoms with Gasteiger partial charge in [-0.25, -0.2) is 10.4 Å². The third kappa shape index (κ3) is 3.48. The van der Waals surface area contributed by atoms with Crippen molar-refractivity contribution in [3.8, 4) is 0 Å². The second-order valence-electron chi connectivity index (χ2n) is 7.14. The lowest BCUT2D eigenvalue weighted by atomic mass is 10.0. The number of aliphatic hydroxyl groups is 3. The molecule has 158 valence electrons. The maximum atomic E-state index is 10.3. The zero-order chi connectivity index (χ0) is 21.4. The lowest BCUT2D eigenvalue weighted by Gasteiger charge is -2.16. The molecule has 1 aromatic carbocycles. The summed E-state index contributed by atoms with van der Waals surface area (Å²) in [7, 11) is 0. The van der Waals surface area contributed by atoms with Crippen LogP contribution in [0.25, 0.3) is 11.2 Å². The number of rotatable bonds is 5. The number of hydrogen-bond donors (Lipinski definition) is 5. The molecule has 4 atom stereocenters. The summed E-state index contributed by atoms with van der Waals surface area (Å²) in [5.41, 5.74) is 12.6. The summed E-state index contributed by atoms with van der Waals surface area (Å²) in [6, 6.07) is 5.92. The number of aromatic nitrogens is 4. The quantitative estimate of drug-likeness (QED) is 0.288. The molecule has 0 bridgehead atoms. The van der Waals surface area contributed by atoms with Crippen LogP contribution in [0.1, 0.15) is 22.9 Å². The molecule has 11 nitrogen and oxygen atoms in total. The van der Waals surface area contributed by atoms with Crippen LogP contribution in [-0.2, 0) is 4.74 Å². The fourth-order valence-corrected chi connectivity index (χ4v) is 3.36. The van der Waals surface area contributed by atoms with E-state index in [4.69, 9.17) is 10.5 Å². The van der Waals surface area contributed by atoms with Gasteiger partial charge in [0.15, 0.2) is 17.7 Å². The van der Waals surface area contributed by atoms with E-state index in [1.165, 1.54) is 10.9 Å². The van der Waals surface area contributed by atoms with E-state index in [0.717, 1.165) is 16.7 Å². The van der Waals surface area contributed by atoms with Crippen molar-refractivity contribution >= 4 is 29.1 Å². The molecule has 0 saturated carbocycles. The van der Waals surface area contributed by atoms with Crippen LogP contribution in [0.15, 0.2) is 29.6 Å². The maximum absolute atomic E-state index is 10.3. The Kier molecular flexibility index (Phi) is 5.35. The molecule has 0 spiro atoms. The van der Waals surface area contributed by atoms with Crippen molar-refractivity contribution in [2.75, 3.05) is 17.8 Å². The number of hydrogen-bond acceptors (Lipinski definition) is 10. The van der Waals surface area contributed by atoms with Crippen LogP contribution >= 0.6 is 0 Å². The third-order valence-electron chi connectivity index (χ3n) is 5.25. The molecule has 3 aromatic rings. The van der Waals surface area contributed by atoms with Gasteiger partial charge in [0.25, 0.3) is 0 Å². The second kappa shape index (κ2) is 7.95. The smallest absolute Gasteiger partial charge is 0.247 e. The lowest BCUT2D eigenvalue weighted by molar-refractivity contribution is -0.0511. The number of nitrogens with zero attached hydrogens (tertiary/aromatic N) is 5. The van der Waals surface area contributed by atoms with Crippen molar-refractivity contribution in [2.45, 2.75) is 38.4 Å². The number of nitrogen functional groups attached to an aromatic ring is 1. The van der Waals surface area contributed by atoms with Crippen LogP contribution in [0, 0.1) is 13.8 Å². The van der Waals surface area contributed by atoms with Gasteiger partial charge in [-0.3, -0.25) is 4.57 Å². The molecule has 1 saturated heterocycles. The van der Waals surface area contributed by atoms with Gasteiger partial charge in [-0.2, -0.15) is 15.1 Å². The predicted octanol–water partition coefficient (Wildman–Crippen LogP) is 0.0828. The SMILES string of the molecule is Cc1cccc(C=NNc2nc(N)c3ncn([C@@H]4O[C@H](CO)[C@@H](O)[C@H]4O)c3n2)c1C. The summed E-state index contributed by atoms with van der Waals surface area (Å²) in [5, 5.41) is 33.8. The van der Waals surface area contributed by atoms with Crippen LogP contribution in [0.4, 0.5) is 11.8 Å². The van der Waals surface area contributed by atoms with Crippen molar-refractivity contribution in [1.82, 2.24) is 19.5 Å². The van der Waals surface area contributed by atoms with Crippen molar-refractivity contribution in [2.24, 2.45) is 5.10 Å². The molecule has 30 heavy (non-hydrogen) atoms. The molecule has 0 unspecified atom stereocenters. The van der Waals surface area contributed by atoms with Gasteiger partial charge in [-0.05, 0) is 30.5 Å². The molecule has 11 heteroatoms. The molecule has 1 aliphatic rings. The number of nitrogens with one attached hydrogen (secondary N) is 1. The van der Waals surface area contributed by atoms with Crippen LogP contribution < -0.4 is 11.2 Å². The molecule has 3 heterocycles. The highest BCUT2D eigenvalue weighted by atomic mass is 16.6. The number of anilines is 2. The molecule has 0 radical (unpaired) electrons. The van der Waals surface area contributed by atoms with E-state index in [0.29, 0.717) is 11.2 Å². The average molecular weight is 413 g/mol. The van der Waals surface area contributed by atoms with Gasteiger partial charge < -0.3 is 25.8 Å². The van der Waals surface area contributed by atoms with E-state index in [1.54, 1.807) is 6.21 Å². The minimum Gasteiger partial charge on any atom is -0.394 e. The first-order valence-electron chi connectivity index (χ1n) is 9.38. The Hall–Kier alpha value is -3.12. The van der Waals surface area contributed by atoms with Crippen LogP contribution in [-0.4, -0.2) is 66.0 Å². The maximum Gasteiger partial charge on any atom is 0.247 e.